The third-order valence-electron chi connectivity index (χ3n) is 2.31. The van der Waals surface area contributed by atoms with Crippen LogP contribution in [0.5, 0.6) is 0 Å². The minimum atomic E-state index is -1.08. The lowest BCUT2D eigenvalue weighted by atomic mass is 10.2. The van der Waals surface area contributed by atoms with E-state index in [0.717, 1.165) is 18.5 Å². The Bertz CT molecular complexity index is 146. The summed E-state index contributed by atoms with van der Waals surface area (Å²) in [5, 5.41) is 0. The van der Waals surface area contributed by atoms with Crippen LogP contribution in [0.4, 0.5) is 0 Å². The fraction of sp³-hybridized carbons (Fsp3) is 0.667. The zero-order chi connectivity index (χ0) is 10.8. The Morgan fingerprint density at radius 3 is 2.14 bits per heavy atom. The van der Waals surface area contributed by atoms with Gasteiger partial charge < -0.3 is 4.43 Å². The molecule has 0 saturated heterocycles. The summed E-state index contributed by atoms with van der Waals surface area (Å²) < 4.78 is 6.12. The van der Waals surface area contributed by atoms with Gasteiger partial charge in [0.25, 0.3) is 0 Å². The molecule has 0 aromatic rings. The average Bonchev–Trinajstić information content (AvgIpc) is 2.18. The molecule has 0 aromatic heterocycles. The van der Waals surface area contributed by atoms with Crippen molar-refractivity contribution in [1.82, 2.24) is 0 Å². The van der Waals surface area contributed by atoms with Crippen LogP contribution >= 0.6 is 0 Å². The Hall–Kier alpha value is -0.343. The molecule has 1 unspecified atom stereocenters. The molecule has 14 heavy (non-hydrogen) atoms. The van der Waals surface area contributed by atoms with Crippen LogP contribution in [-0.2, 0) is 4.43 Å². The van der Waals surface area contributed by atoms with E-state index < -0.39 is 9.04 Å². The maximum atomic E-state index is 6.12. The van der Waals surface area contributed by atoms with Crippen molar-refractivity contribution in [1.29, 1.82) is 0 Å². The first-order valence-electron chi connectivity index (χ1n) is 5.65. The van der Waals surface area contributed by atoms with E-state index >= 15 is 0 Å². The van der Waals surface area contributed by atoms with Crippen molar-refractivity contribution in [3.63, 3.8) is 0 Å². The monoisotopic (exact) mass is 212 g/mol. The predicted octanol–water partition coefficient (Wildman–Crippen LogP) is 3.68. The topological polar surface area (TPSA) is 9.23 Å². The highest BCUT2D eigenvalue weighted by Crippen LogP contribution is 2.12. The lowest BCUT2D eigenvalue weighted by Gasteiger charge is -2.21. The zero-order valence-electron chi connectivity index (χ0n) is 9.67. The summed E-state index contributed by atoms with van der Waals surface area (Å²) >= 11 is 0. The summed E-state index contributed by atoms with van der Waals surface area (Å²) in [7, 11) is -1.08. The normalized spacial score (nSPS) is 12.8. The van der Waals surface area contributed by atoms with Crippen LogP contribution < -0.4 is 0 Å². The van der Waals surface area contributed by atoms with Gasteiger partial charge in [-0.05, 0) is 24.9 Å². The Kier molecular flexibility index (Phi) is 9.00. The van der Waals surface area contributed by atoms with Crippen molar-refractivity contribution in [3.8, 4) is 0 Å². The molecule has 0 aromatic carbocycles. The molecule has 2 heteroatoms. The molecule has 0 bridgehead atoms. The van der Waals surface area contributed by atoms with Crippen molar-refractivity contribution >= 4 is 9.04 Å². The van der Waals surface area contributed by atoms with Crippen LogP contribution in [0.2, 0.25) is 12.1 Å². The summed E-state index contributed by atoms with van der Waals surface area (Å²) in [6.45, 7) is 12.0. The molecule has 0 spiro atoms. The van der Waals surface area contributed by atoms with E-state index in [9.17, 15) is 0 Å². The first-order chi connectivity index (χ1) is 6.78. The van der Waals surface area contributed by atoms with Crippen LogP contribution in [0.1, 0.15) is 33.1 Å². The van der Waals surface area contributed by atoms with E-state index in [1.54, 1.807) is 0 Å². The van der Waals surface area contributed by atoms with E-state index in [-0.39, 0.29) is 0 Å². The van der Waals surface area contributed by atoms with Gasteiger partial charge in [-0.3, -0.25) is 0 Å². The smallest absolute Gasteiger partial charge is 0.184 e. The third-order valence-corrected chi connectivity index (χ3v) is 4.80. The van der Waals surface area contributed by atoms with Gasteiger partial charge in [0.1, 0.15) is 0 Å². The number of rotatable bonds is 9. The Morgan fingerprint density at radius 2 is 1.79 bits per heavy atom. The molecular formula is C12H24OSi. The highest BCUT2D eigenvalue weighted by Gasteiger charge is 2.13. The standard InChI is InChI=1S/C12H24OSi/c1-5-9-12(8-4)13-14(10-6-2)11-7-3/h6-7,12,14H,2-3,5,8-11H2,1,4H3. The van der Waals surface area contributed by atoms with Gasteiger partial charge in [-0.1, -0.05) is 32.4 Å². The minimum absolute atomic E-state index is 0.469. The van der Waals surface area contributed by atoms with E-state index in [1.165, 1.54) is 12.8 Å². The second-order valence-corrected chi connectivity index (χ2v) is 6.08. The van der Waals surface area contributed by atoms with Crippen molar-refractivity contribution in [2.45, 2.75) is 51.3 Å². The van der Waals surface area contributed by atoms with Crippen LogP contribution in [0.25, 0.3) is 0 Å². The van der Waals surface area contributed by atoms with Crippen molar-refractivity contribution in [2.75, 3.05) is 0 Å². The first kappa shape index (κ1) is 13.7. The summed E-state index contributed by atoms with van der Waals surface area (Å²) in [5.41, 5.74) is 0. The lowest BCUT2D eigenvalue weighted by Crippen LogP contribution is -2.24. The molecule has 0 fully saturated rings. The molecule has 82 valence electrons. The van der Waals surface area contributed by atoms with Crippen LogP contribution in [0.15, 0.2) is 25.3 Å². The van der Waals surface area contributed by atoms with Gasteiger partial charge in [0.2, 0.25) is 0 Å². The summed E-state index contributed by atoms with van der Waals surface area (Å²) in [4.78, 5) is 0. The third kappa shape index (κ3) is 6.16. The first-order valence-corrected chi connectivity index (χ1v) is 7.76. The van der Waals surface area contributed by atoms with Crippen molar-refractivity contribution in [3.05, 3.63) is 25.3 Å². The van der Waals surface area contributed by atoms with Gasteiger partial charge >= 0.3 is 0 Å². The molecule has 0 rings (SSSR count). The Morgan fingerprint density at radius 1 is 1.21 bits per heavy atom. The van der Waals surface area contributed by atoms with Crippen LogP contribution in [0.3, 0.4) is 0 Å². The molecule has 0 heterocycles. The zero-order valence-corrected chi connectivity index (χ0v) is 10.8. The van der Waals surface area contributed by atoms with Gasteiger partial charge in [0.15, 0.2) is 9.04 Å². The van der Waals surface area contributed by atoms with Gasteiger partial charge in [0, 0.05) is 6.10 Å². The Labute approximate surface area is 90.6 Å². The van der Waals surface area contributed by atoms with Crippen molar-refractivity contribution in [2.24, 2.45) is 0 Å². The summed E-state index contributed by atoms with van der Waals surface area (Å²) in [5.74, 6) is 0. The fourth-order valence-corrected chi connectivity index (χ4v) is 3.57. The molecular weight excluding hydrogens is 188 g/mol. The Balaban J connectivity index is 3.95. The number of hydrogen-bond donors (Lipinski definition) is 0. The average molecular weight is 212 g/mol. The maximum Gasteiger partial charge on any atom is 0.184 e. The van der Waals surface area contributed by atoms with Gasteiger partial charge in [-0.15, -0.1) is 13.2 Å². The van der Waals surface area contributed by atoms with Crippen LogP contribution in [-0.4, -0.2) is 15.1 Å². The van der Waals surface area contributed by atoms with Crippen LogP contribution in [0, 0.1) is 0 Å². The molecule has 0 aliphatic carbocycles. The second-order valence-electron chi connectivity index (χ2n) is 3.63. The van der Waals surface area contributed by atoms with Gasteiger partial charge in [-0.25, -0.2) is 0 Å². The van der Waals surface area contributed by atoms with E-state index in [1.807, 2.05) is 12.2 Å². The highest BCUT2D eigenvalue weighted by atomic mass is 28.3. The van der Waals surface area contributed by atoms with E-state index in [2.05, 4.69) is 27.0 Å². The molecule has 1 nitrogen and oxygen atoms in total. The summed E-state index contributed by atoms with van der Waals surface area (Å²) in [6, 6.07) is 2.12. The molecule has 0 radical (unpaired) electrons. The quantitative estimate of drug-likeness (QED) is 0.418. The molecule has 0 aliphatic heterocycles. The minimum Gasteiger partial charge on any atom is -0.417 e. The van der Waals surface area contributed by atoms with E-state index in [4.69, 9.17) is 4.43 Å². The molecule has 0 N–H and O–H groups in total. The highest BCUT2D eigenvalue weighted by molar-refractivity contribution is 6.52. The molecule has 0 amide bonds. The number of hydrogen-bond acceptors (Lipinski definition) is 1. The van der Waals surface area contributed by atoms with Gasteiger partial charge in [0.05, 0.1) is 0 Å². The van der Waals surface area contributed by atoms with Gasteiger partial charge in [-0.2, -0.15) is 0 Å². The second kappa shape index (κ2) is 9.22. The molecule has 0 saturated carbocycles. The van der Waals surface area contributed by atoms with E-state index in [0.29, 0.717) is 6.10 Å². The lowest BCUT2D eigenvalue weighted by molar-refractivity contribution is 0.185. The van der Waals surface area contributed by atoms with Crippen molar-refractivity contribution < 1.29 is 4.43 Å². The molecule has 0 aliphatic rings. The fourth-order valence-electron chi connectivity index (χ4n) is 1.54. The SMILES string of the molecule is C=CC[SiH](CC=C)OC(CC)CCC. The number of allylic oxidation sites excluding steroid dienone is 2. The largest absolute Gasteiger partial charge is 0.417 e. The maximum absolute atomic E-state index is 6.12. The molecule has 1 atom stereocenters. The predicted molar refractivity (Wildman–Crippen MR) is 67.2 cm³/mol. The summed E-state index contributed by atoms with van der Waals surface area (Å²) in [6.07, 6.45) is 7.97.